The summed E-state index contributed by atoms with van der Waals surface area (Å²) < 4.78 is 7.07. The van der Waals surface area contributed by atoms with Gasteiger partial charge in [0.15, 0.2) is 5.82 Å². The van der Waals surface area contributed by atoms with E-state index in [1.807, 2.05) is 46.2 Å². The number of aromatic nitrogens is 5. The average molecular weight is 515 g/mol. The molecule has 2 unspecified atom stereocenters. The molecule has 3 aromatic heterocycles. The minimum Gasteiger partial charge on any atom is -0.367 e. The van der Waals surface area contributed by atoms with E-state index in [9.17, 15) is 4.79 Å². The van der Waals surface area contributed by atoms with Crippen LogP contribution in [0, 0.1) is 6.92 Å². The molecule has 0 spiro atoms. The molecule has 0 saturated carbocycles. The molecular weight excluding hydrogens is 480 g/mol. The maximum Gasteiger partial charge on any atom is 0.256 e. The van der Waals surface area contributed by atoms with Gasteiger partial charge in [-0.1, -0.05) is 37.2 Å². The molecule has 38 heavy (non-hydrogen) atoms. The van der Waals surface area contributed by atoms with Crippen molar-refractivity contribution >= 4 is 17.4 Å². The summed E-state index contributed by atoms with van der Waals surface area (Å²) in [6.07, 6.45) is 5.55. The van der Waals surface area contributed by atoms with E-state index in [1.165, 1.54) is 0 Å². The zero-order valence-corrected chi connectivity index (χ0v) is 22.7. The van der Waals surface area contributed by atoms with Crippen LogP contribution in [-0.2, 0) is 5.41 Å². The molecule has 1 aromatic carbocycles. The monoisotopic (exact) mass is 514 g/mol. The Morgan fingerprint density at radius 3 is 2.58 bits per heavy atom. The second kappa shape index (κ2) is 10.0. The number of aryl methyl sites for hydroxylation is 1. The van der Waals surface area contributed by atoms with Crippen LogP contribution in [0.2, 0.25) is 0 Å². The number of amides is 1. The zero-order chi connectivity index (χ0) is 27.0. The summed E-state index contributed by atoms with van der Waals surface area (Å²) in [6.45, 7) is 14.3. The lowest BCUT2D eigenvalue weighted by atomic mass is 9.93. The molecule has 1 saturated heterocycles. The minimum absolute atomic E-state index is 0.200. The highest BCUT2D eigenvalue weighted by Gasteiger charge is 2.23. The lowest BCUT2D eigenvalue weighted by Crippen LogP contribution is -2.54. The summed E-state index contributed by atoms with van der Waals surface area (Å²) in [4.78, 5) is 19.8. The van der Waals surface area contributed by atoms with Crippen LogP contribution in [0.1, 0.15) is 56.3 Å². The van der Waals surface area contributed by atoms with Crippen molar-refractivity contribution in [1.82, 2.24) is 30.5 Å². The van der Waals surface area contributed by atoms with Gasteiger partial charge < -0.3 is 20.1 Å². The predicted molar refractivity (Wildman–Crippen MR) is 147 cm³/mol. The molecule has 1 aliphatic heterocycles. The van der Waals surface area contributed by atoms with E-state index < -0.39 is 0 Å². The summed E-state index contributed by atoms with van der Waals surface area (Å²) >= 11 is 0. The van der Waals surface area contributed by atoms with Crippen molar-refractivity contribution in [3.8, 4) is 16.9 Å². The van der Waals surface area contributed by atoms with Gasteiger partial charge in [-0.05, 0) is 44.5 Å². The molecule has 4 heterocycles. The predicted octanol–water partition coefficient (Wildman–Crippen LogP) is 4.36. The van der Waals surface area contributed by atoms with E-state index in [-0.39, 0.29) is 11.3 Å². The molecule has 5 rings (SSSR count). The van der Waals surface area contributed by atoms with Crippen molar-refractivity contribution in [3.63, 3.8) is 0 Å². The highest BCUT2D eigenvalue weighted by Crippen LogP contribution is 2.26. The molecular formula is C28H34N8O2. The van der Waals surface area contributed by atoms with Gasteiger partial charge in [0.25, 0.3) is 5.91 Å². The van der Waals surface area contributed by atoms with Gasteiger partial charge in [-0.2, -0.15) is 0 Å². The number of anilines is 2. The van der Waals surface area contributed by atoms with Gasteiger partial charge in [-0.3, -0.25) is 9.78 Å². The number of rotatable bonds is 5. The highest BCUT2D eigenvalue weighted by atomic mass is 16.5. The largest absolute Gasteiger partial charge is 0.367 e. The molecule has 1 amide bonds. The van der Waals surface area contributed by atoms with Crippen molar-refractivity contribution in [1.29, 1.82) is 0 Å². The van der Waals surface area contributed by atoms with Crippen LogP contribution in [-0.4, -0.2) is 56.2 Å². The number of carbonyl (C=O) groups excluding carboxylic acids is 1. The van der Waals surface area contributed by atoms with Crippen molar-refractivity contribution in [2.45, 2.75) is 59.0 Å². The lowest BCUT2D eigenvalue weighted by Gasteiger charge is -2.37. The molecule has 10 heteroatoms. The number of piperazine rings is 1. The third-order valence-electron chi connectivity index (χ3n) is 6.64. The van der Waals surface area contributed by atoms with Gasteiger partial charge in [-0.25, -0.2) is 4.68 Å². The van der Waals surface area contributed by atoms with Gasteiger partial charge >= 0.3 is 0 Å². The fraction of sp³-hybridized carbons (Fsp3) is 0.393. The number of nitrogens with zero attached hydrogens (tertiary/aromatic N) is 6. The average Bonchev–Trinajstić information content (AvgIpc) is 3.54. The topological polar surface area (TPSA) is 114 Å². The van der Waals surface area contributed by atoms with Crippen molar-refractivity contribution in [2.24, 2.45) is 0 Å². The maximum absolute atomic E-state index is 13.0. The van der Waals surface area contributed by atoms with Crippen LogP contribution >= 0.6 is 0 Å². The molecule has 0 aliphatic carbocycles. The molecule has 1 fully saturated rings. The molecule has 1 aliphatic rings. The Balaban J connectivity index is 1.36. The second-order valence-corrected chi connectivity index (χ2v) is 11.1. The van der Waals surface area contributed by atoms with E-state index in [2.05, 4.69) is 55.9 Å². The standard InChI is InChI=1S/C28H34N8O2/c1-17-7-8-20(27(37)31-26-11-25(38-33-26)28(4,5)6)10-24(17)36-16-23(32-34-36)21-9-22(13-29-12-21)35-14-18(2)30-19(3)15-35/h7-13,16,18-19,30H,14-15H2,1-6H3,(H,31,33,37). The van der Waals surface area contributed by atoms with Crippen LogP contribution in [0.15, 0.2) is 53.4 Å². The first-order chi connectivity index (χ1) is 18.1. The molecule has 2 N–H and O–H groups in total. The summed E-state index contributed by atoms with van der Waals surface area (Å²) in [5.41, 5.74) is 4.67. The minimum atomic E-state index is -0.281. The third kappa shape index (κ3) is 5.45. The molecule has 0 radical (unpaired) electrons. The first-order valence-corrected chi connectivity index (χ1v) is 12.8. The van der Waals surface area contributed by atoms with Crippen molar-refractivity contribution < 1.29 is 9.32 Å². The molecule has 4 aromatic rings. The van der Waals surface area contributed by atoms with Crippen molar-refractivity contribution in [2.75, 3.05) is 23.3 Å². The highest BCUT2D eigenvalue weighted by molar-refractivity contribution is 6.04. The Bertz CT molecular complexity index is 1440. The number of benzene rings is 1. The SMILES string of the molecule is Cc1ccc(C(=O)Nc2cc(C(C)(C)C)on2)cc1-n1cc(-c2cncc(N3CC(C)NC(C)C3)c2)nn1. The number of pyridine rings is 1. The Kier molecular flexibility index (Phi) is 6.75. The normalized spacial score (nSPS) is 18.0. The van der Waals surface area contributed by atoms with Gasteiger partial charge in [0.05, 0.1) is 23.8 Å². The first kappa shape index (κ1) is 25.6. The Morgan fingerprint density at radius 1 is 1.11 bits per heavy atom. The first-order valence-electron chi connectivity index (χ1n) is 12.8. The Morgan fingerprint density at radius 2 is 1.87 bits per heavy atom. The van der Waals surface area contributed by atoms with Crippen LogP contribution in [0.4, 0.5) is 11.5 Å². The maximum atomic E-state index is 13.0. The third-order valence-corrected chi connectivity index (χ3v) is 6.64. The summed E-state index contributed by atoms with van der Waals surface area (Å²) in [5.74, 6) is 0.801. The van der Waals surface area contributed by atoms with Gasteiger partial charge in [0.2, 0.25) is 0 Å². The van der Waals surface area contributed by atoms with E-state index in [0.29, 0.717) is 34.9 Å². The van der Waals surface area contributed by atoms with Crippen LogP contribution in [0.5, 0.6) is 0 Å². The van der Waals surface area contributed by atoms with E-state index in [0.717, 1.165) is 35.6 Å². The molecule has 0 bridgehead atoms. The summed E-state index contributed by atoms with van der Waals surface area (Å²) in [6, 6.07) is 10.1. The molecule has 10 nitrogen and oxygen atoms in total. The van der Waals surface area contributed by atoms with Gasteiger partial charge in [0, 0.05) is 54.0 Å². The van der Waals surface area contributed by atoms with E-state index in [1.54, 1.807) is 29.1 Å². The lowest BCUT2D eigenvalue weighted by molar-refractivity contribution is 0.102. The van der Waals surface area contributed by atoms with E-state index in [4.69, 9.17) is 4.52 Å². The van der Waals surface area contributed by atoms with Crippen LogP contribution in [0.25, 0.3) is 16.9 Å². The number of nitrogens with one attached hydrogen (secondary N) is 2. The number of carbonyl (C=O) groups is 1. The van der Waals surface area contributed by atoms with Crippen LogP contribution < -0.4 is 15.5 Å². The second-order valence-electron chi connectivity index (χ2n) is 11.1. The summed E-state index contributed by atoms with van der Waals surface area (Å²) in [7, 11) is 0. The Labute approximate surface area is 222 Å². The van der Waals surface area contributed by atoms with Gasteiger partial charge in [-0.15, -0.1) is 5.10 Å². The smallest absolute Gasteiger partial charge is 0.256 e. The van der Waals surface area contributed by atoms with Crippen molar-refractivity contribution in [3.05, 3.63) is 65.8 Å². The number of hydrogen-bond donors (Lipinski definition) is 2. The zero-order valence-electron chi connectivity index (χ0n) is 22.7. The fourth-order valence-electron chi connectivity index (χ4n) is 4.67. The molecule has 198 valence electrons. The summed E-state index contributed by atoms with van der Waals surface area (Å²) in [5, 5.41) is 19.1. The number of hydrogen-bond acceptors (Lipinski definition) is 8. The van der Waals surface area contributed by atoms with Gasteiger partial charge in [0.1, 0.15) is 11.5 Å². The van der Waals surface area contributed by atoms with Crippen LogP contribution in [0.3, 0.4) is 0 Å². The Hall–Kier alpha value is -4.05. The van der Waals surface area contributed by atoms with E-state index >= 15 is 0 Å². The quantitative estimate of drug-likeness (QED) is 0.404. The molecule has 2 atom stereocenters. The fourth-order valence-corrected chi connectivity index (χ4v) is 4.67.